The van der Waals surface area contributed by atoms with E-state index in [2.05, 4.69) is 15.5 Å². The molecule has 2 amide bonds. The molecule has 142 valence electrons. The number of ether oxygens (including phenoxy) is 1. The molecule has 7 heteroatoms. The molecule has 7 nitrogen and oxygen atoms in total. The van der Waals surface area contributed by atoms with Crippen molar-refractivity contribution < 1.29 is 14.3 Å². The van der Waals surface area contributed by atoms with E-state index < -0.39 is 12.1 Å². The third-order valence-corrected chi connectivity index (χ3v) is 5.57. The number of morpholine rings is 1. The molecule has 0 unspecified atom stereocenters. The van der Waals surface area contributed by atoms with Gasteiger partial charge in [0, 0.05) is 12.7 Å². The smallest absolute Gasteiger partial charge is 0.252 e. The quantitative estimate of drug-likeness (QED) is 0.854. The zero-order valence-corrected chi connectivity index (χ0v) is 15.6. The van der Waals surface area contributed by atoms with E-state index in [9.17, 15) is 9.59 Å². The van der Waals surface area contributed by atoms with Crippen molar-refractivity contribution >= 4 is 11.8 Å². The van der Waals surface area contributed by atoms with Crippen LogP contribution >= 0.6 is 0 Å². The van der Waals surface area contributed by atoms with Gasteiger partial charge in [-0.2, -0.15) is 5.10 Å². The van der Waals surface area contributed by atoms with Gasteiger partial charge < -0.3 is 15.0 Å². The summed E-state index contributed by atoms with van der Waals surface area (Å²) in [4.78, 5) is 26.7. The Morgan fingerprint density at radius 2 is 2.19 bits per heavy atom. The zero-order chi connectivity index (χ0) is 19.0. The number of carbonyl (C=O) groups is 2. The molecule has 0 bridgehead atoms. The molecule has 1 fully saturated rings. The lowest BCUT2D eigenvalue weighted by molar-refractivity contribution is -0.162. The summed E-state index contributed by atoms with van der Waals surface area (Å²) in [6, 6.07) is 7.33. The monoisotopic (exact) mass is 368 g/mol. The predicted molar refractivity (Wildman–Crippen MR) is 98.9 cm³/mol. The normalized spacial score (nSPS) is 22.0. The molecule has 0 spiro atoms. The van der Waals surface area contributed by atoms with Crippen LogP contribution in [0.3, 0.4) is 0 Å². The van der Waals surface area contributed by atoms with Gasteiger partial charge in [-0.15, -0.1) is 0 Å². The first-order chi connectivity index (χ1) is 13.1. The molecule has 1 aromatic carbocycles. The van der Waals surface area contributed by atoms with Crippen LogP contribution in [0.15, 0.2) is 24.3 Å². The minimum absolute atomic E-state index is 0.0885. The first kappa shape index (κ1) is 17.7. The van der Waals surface area contributed by atoms with Gasteiger partial charge in [0.25, 0.3) is 5.91 Å². The number of hydrogen-bond donors (Lipinski definition) is 2. The molecule has 1 aliphatic carbocycles. The van der Waals surface area contributed by atoms with Crippen molar-refractivity contribution in [1.29, 1.82) is 0 Å². The van der Waals surface area contributed by atoms with Crippen LogP contribution in [-0.2, 0) is 33.7 Å². The van der Waals surface area contributed by atoms with Gasteiger partial charge >= 0.3 is 0 Å². The van der Waals surface area contributed by atoms with E-state index in [0.29, 0.717) is 6.54 Å². The largest absolute Gasteiger partial charge is 0.356 e. The molecule has 0 saturated carbocycles. The maximum Gasteiger partial charge on any atom is 0.252 e. The number of H-pyrrole nitrogens is 1. The standard InChI is InChI=1S/C20H24N4O3/c1-12-6-3-4-7-13(12)18-19(27-11-17(25)24(18)2)20(26)21-10-16-14-8-5-9-15(14)22-23-16/h3-4,6-7,18-19H,5,8-11H2,1-2H3,(H,21,26)(H,22,23)/t18-,19+/m1/s1. The van der Waals surface area contributed by atoms with Crippen LogP contribution in [0.4, 0.5) is 0 Å². The number of carbonyl (C=O) groups excluding carboxylic acids is 2. The Morgan fingerprint density at radius 3 is 3.00 bits per heavy atom. The minimum atomic E-state index is -0.749. The van der Waals surface area contributed by atoms with Crippen molar-refractivity contribution in [3.63, 3.8) is 0 Å². The summed E-state index contributed by atoms with van der Waals surface area (Å²) < 4.78 is 5.68. The van der Waals surface area contributed by atoms with Gasteiger partial charge in [0.1, 0.15) is 6.61 Å². The van der Waals surface area contributed by atoms with E-state index in [0.717, 1.165) is 36.1 Å². The molecule has 2 aliphatic rings. The van der Waals surface area contributed by atoms with Gasteiger partial charge in [0.05, 0.1) is 18.3 Å². The molecule has 0 radical (unpaired) electrons. The molecule has 1 aromatic heterocycles. The highest BCUT2D eigenvalue weighted by atomic mass is 16.5. The second-order valence-electron chi connectivity index (χ2n) is 7.24. The second kappa shape index (κ2) is 7.15. The number of nitrogens with zero attached hydrogens (tertiary/aromatic N) is 2. The van der Waals surface area contributed by atoms with E-state index >= 15 is 0 Å². The van der Waals surface area contributed by atoms with E-state index in [4.69, 9.17) is 4.74 Å². The summed E-state index contributed by atoms with van der Waals surface area (Å²) in [6.07, 6.45) is 2.39. The number of aryl methyl sites for hydroxylation is 2. The molecule has 2 N–H and O–H groups in total. The Labute approximate surface area is 158 Å². The highest BCUT2D eigenvalue weighted by Crippen LogP contribution is 2.31. The van der Waals surface area contributed by atoms with Gasteiger partial charge in [0.15, 0.2) is 6.10 Å². The maximum atomic E-state index is 12.9. The zero-order valence-electron chi connectivity index (χ0n) is 15.6. The SMILES string of the molecule is Cc1ccccc1[C@@H]1[C@@H](C(=O)NCc2n[nH]c3c2CCC3)OCC(=O)N1C. The van der Waals surface area contributed by atoms with Gasteiger partial charge in [-0.05, 0) is 42.9 Å². The maximum absolute atomic E-state index is 12.9. The van der Waals surface area contributed by atoms with Crippen LogP contribution in [0.25, 0.3) is 0 Å². The molecule has 4 rings (SSSR count). The first-order valence-electron chi connectivity index (χ1n) is 9.31. The van der Waals surface area contributed by atoms with Crippen LogP contribution in [-0.4, -0.2) is 46.7 Å². The second-order valence-corrected chi connectivity index (χ2v) is 7.24. The van der Waals surface area contributed by atoms with Crippen LogP contribution in [0.2, 0.25) is 0 Å². The molecular weight excluding hydrogens is 344 g/mol. The number of aromatic nitrogens is 2. The fourth-order valence-electron chi connectivity index (χ4n) is 4.03. The van der Waals surface area contributed by atoms with Gasteiger partial charge in [-0.3, -0.25) is 14.7 Å². The van der Waals surface area contributed by atoms with Crippen molar-refractivity contribution in [3.05, 3.63) is 52.3 Å². The van der Waals surface area contributed by atoms with E-state index in [1.54, 1.807) is 11.9 Å². The van der Waals surface area contributed by atoms with Crippen molar-refractivity contribution in [2.24, 2.45) is 0 Å². The number of hydrogen-bond acceptors (Lipinski definition) is 4. The Bertz CT molecular complexity index is 876. The summed E-state index contributed by atoms with van der Waals surface area (Å²) in [7, 11) is 1.73. The molecule has 2 atom stereocenters. The fraction of sp³-hybridized carbons (Fsp3) is 0.450. The topological polar surface area (TPSA) is 87.3 Å². The molecule has 2 aromatic rings. The first-order valence-corrected chi connectivity index (χ1v) is 9.31. The lowest BCUT2D eigenvalue weighted by Crippen LogP contribution is -2.53. The molecule has 1 saturated heterocycles. The molecule has 27 heavy (non-hydrogen) atoms. The van der Waals surface area contributed by atoms with Gasteiger partial charge in [0.2, 0.25) is 5.91 Å². The summed E-state index contributed by atoms with van der Waals surface area (Å²) in [6.45, 7) is 2.25. The summed E-state index contributed by atoms with van der Waals surface area (Å²) >= 11 is 0. The number of amides is 2. The van der Waals surface area contributed by atoms with Gasteiger partial charge in [-0.25, -0.2) is 0 Å². The van der Waals surface area contributed by atoms with Crippen LogP contribution in [0, 0.1) is 6.92 Å². The highest BCUT2D eigenvalue weighted by molar-refractivity contribution is 5.86. The Kier molecular flexibility index (Phi) is 4.70. The van der Waals surface area contributed by atoms with E-state index in [1.165, 1.54) is 11.3 Å². The Hall–Kier alpha value is -2.67. The Balaban J connectivity index is 1.53. The van der Waals surface area contributed by atoms with Crippen molar-refractivity contribution in [3.8, 4) is 0 Å². The number of rotatable bonds is 4. The molecule has 2 heterocycles. The average molecular weight is 368 g/mol. The van der Waals surface area contributed by atoms with Gasteiger partial charge in [-0.1, -0.05) is 24.3 Å². The van der Waals surface area contributed by atoms with Crippen LogP contribution < -0.4 is 5.32 Å². The van der Waals surface area contributed by atoms with Crippen LogP contribution in [0.5, 0.6) is 0 Å². The number of likely N-dealkylation sites (N-methyl/N-ethyl adjacent to an activating group) is 1. The molecular formula is C20H24N4O3. The summed E-state index contributed by atoms with van der Waals surface area (Å²) in [5, 5.41) is 10.3. The third-order valence-electron chi connectivity index (χ3n) is 5.57. The number of fused-ring (bicyclic) bond motifs is 1. The number of nitrogens with one attached hydrogen (secondary N) is 2. The average Bonchev–Trinajstić information content (AvgIpc) is 3.27. The number of benzene rings is 1. The summed E-state index contributed by atoms with van der Waals surface area (Å²) in [5.41, 5.74) is 5.24. The van der Waals surface area contributed by atoms with E-state index in [1.807, 2.05) is 31.2 Å². The van der Waals surface area contributed by atoms with Crippen LogP contribution in [0.1, 0.15) is 40.5 Å². The molecule has 1 aliphatic heterocycles. The van der Waals surface area contributed by atoms with Crippen molar-refractivity contribution in [2.75, 3.05) is 13.7 Å². The highest BCUT2D eigenvalue weighted by Gasteiger charge is 2.40. The fourth-order valence-corrected chi connectivity index (χ4v) is 4.03. The van der Waals surface area contributed by atoms with Crippen molar-refractivity contribution in [1.82, 2.24) is 20.4 Å². The Morgan fingerprint density at radius 1 is 1.37 bits per heavy atom. The minimum Gasteiger partial charge on any atom is -0.356 e. The predicted octanol–water partition coefficient (Wildman–Crippen LogP) is 1.42. The lowest BCUT2D eigenvalue weighted by atomic mass is 9.94. The number of aromatic amines is 1. The third kappa shape index (κ3) is 3.23. The van der Waals surface area contributed by atoms with E-state index in [-0.39, 0.29) is 18.4 Å². The lowest BCUT2D eigenvalue weighted by Gasteiger charge is -2.38. The summed E-state index contributed by atoms with van der Waals surface area (Å²) in [5.74, 6) is -0.352. The van der Waals surface area contributed by atoms with Crippen molar-refractivity contribution in [2.45, 2.75) is 44.9 Å².